The van der Waals surface area contributed by atoms with Gasteiger partial charge in [-0.05, 0) is 52.2 Å². The van der Waals surface area contributed by atoms with Crippen LogP contribution in [-0.2, 0) is 20.7 Å². The maximum Gasteiger partial charge on any atom is 0.408 e. The zero-order valence-electron chi connectivity index (χ0n) is 15.4. The molecule has 1 amide bonds. The summed E-state index contributed by atoms with van der Waals surface area (Å²) in [6.07, 6.45) is 3.45. The first-order chi connectivity index (χ1) is 11.7. The summed E-state index contributed by atoms with van der Waals surface area (Å²) >= 11 is 0. The van der Waals surface area contributed by atoms with E-state index in [4.69, 9.17) is 14.2 Å². The van der Waals surface area contributed by atoms with Crippen molar-refractivity contribution in [1.29, 1.82) is 0 Å². The molecule has 1 aromatic heterocycles. The van der Waals surface area contributed by atoms with Crippen molar-refractivity contribution >= 4 is 12.1 Å². The largest absolute Gasteiger partial charge is 0.474 e. The summed E-state index contributed by atoms with van der Waals surface area (Å²) in [5.41, 5.74) is 1.04. The van der Waals surface area contributed by atoms with Gasteiger partial charge in [-0.15, -0.1) is 0 Å². The van der Waals surface area contributed by atoms with Crippen LogP contribution in [0, 0.1) is 6.92 Å². The predicted molar refractivity (Wildman–Crippen MR) is 91.5 cm³/mol. The summed E-state index contributed by atoms with van der Waals surface area (Å²) in [6.45, 7) is 7.18. The third-order valence-electron chi connectivity index (χ3n) is 3.47. The monoisotopic (exact) mass is 350 g/mol. The maximum absolute atomic E-state index is 12.1. The lowest BCUT2D eigenvalue weighted by atomic mass is 10.1. The Morgan fingerprint density at radius 3 is 2.60 bits per heavy atom. The molecule has 0 bridgehead atoms. The molecular weight excluding hydrogens is 324 g/mol. The quantitative estimate of drug-likeness (QED) is 0.794. The van der Waals surface area contributed by atoms with Crippen molar-refractivity contribution in [3.8, 4) is 5.88 Å². The zero-order valence-corrected chi connectivity index (χ0v) is 15.4. The molecule has 0 unspecified atom stereocenters. The molecule has 1 aromatic rings. The first-order valence-corrected chi connectivity index (χ1v) is 8.37. The average molecular weight is 350 g/mol. The number of hydrogen-bond donors (Lipinski definition) is 1. The van der Waals surface area contributed by atoms with Crippen LogP contribution in [-0.4, -0.2) is 41.9 Å². The number of carbonyl (C=O) groups is 2. The molecule has 0 aliphatic heterocycles. The Hall–Kier alpha value is -2.31. The average Bonchev–Trinajstić information content (AvgIpc) is 3.30. The van der Waals surface area contributed by atoms with E-state index in [1.165, 1.54) is 7.11 Å². The van der Waals surface area contributed by atoms with Gasteiger partial charge in [-0.2, -0.15) is 0 Å². The summed E-state index contributed by atoms with van der Waals surface area (Å²) in [4.78, 5) is 28.4. The number of aromatic nitrogens is 1. The molecule has 0 saturated heterocycles. The molecule has 0 aromatic carbocycles. The van der Waals surface area contributed by atoms with E-state index in [-0.39, 0.29) is 12.5 Å². The summed E-state index contributed by atoms with van der Waals surface area (Å²) < 4.78 is 15.8. The van der Waals surface area contributed by atoms with E-state index in [1.54, 1.807) is 27.0 Å². The fourth-order valence-electron chi connectivity index (χ4n) is 2.22. The summed E-state index contributed by atoms with van der Waals surface area (Å²) in [7, 11) is 1.28. The van der Waals surface area contributed by atoms with Gasteiger partial charge < -0.3 is 19.5 Å². The number of nitrogens with one attached hydrogen (secondary N) is 1. The minimum atomic E-state index is -0.884. The molecule has 1 atom stereocenters. The van der Waals surface area contributed by atoms with E-state index < -0.39 is 23.7 Å². The second kappa shape index (κ2) is 7.72. The van der Waals surface area contributed by atoms with Crippen molar-refractivity contribution in [2.75, 3.05) is 7.11 Å². The highest BCUT2D eigenvalue weighted by atomic mass is 16.6. The Kier molecular flexibility index (Phi) is 5.87. The highest BCUT2D eigenvalue weighted by molar-refractivity contribution is 5.81. The molecule has 2 rings (SSSR count). The molecule has 1 saturated carbocycles. The van der Waals surface area contributed by atoms with Crippen LogP contribution in [0.5, 0.6) is 5.88 Å². The van der Waals surface area contributed by atoms with Gasteiger partial charge in [-0.25, -0.2) is 14.6 Å². The summed E-state index contributed by atoms with van der Waals surface area (Å²) in [5, 5.41) is 2.57. The van der Waals surface area contributed by atoms with Crippen LogP contribution in [0.2, 0.25) is 0 Å². The van der Waals surface area contributed by atoms with E-state index in [0.29, 0.717) is 5.88 Å². The number of alkyl carbamates (subject to hydrolysis) is 1. The second-order valence-electron chi connectivity index (χ2n) is 7.22. The van der Waals surface area contributed by atoms with Crippen LogP contribution >= 0.6 is 0 Å². The number of pyridine rings is 1. The molecule has 25 heavy (non-hydrogen) atoms. The normalized spacial score (nSPS) is 15.2. The van der Waals surface area contributed by atoms with E-state index in [2.05, 4.69) is 10.3 Å². The summed E-state index contributed by atoms with van der Waals surface area (Å²) in [6, 6.07) is 1.02. The summed E-state index contributed by atoms with van der Waals surface area (Å²) in [5.74, 6) is -0.0577. The number of hydrogen-bond acceptors (Lipinski definition) is 6. The number of nitrogens with zero attached hydrogens (tertiary/aromatic N) is 1. The van der Waals surface area contributed by atoms with Crippen molar-refractivity contribution in [1.82, 2.24) is 10.3 Å². The van der Waals surface area contributed by atoms with Crippen LogP contribution in [0.25, 0.3) is 0 Å². The Morgan fingerprint density at radius 1 is 1.36 bits per heavy atom. The molecule has 1 N–H and O–H groups in total. The lowest BCUT2D eigenvalue weighted by Gasteiger charge is -2.23. The third-order valence-corrected chi connectivity index (χ3v) is 3.47. The Balaban J connectivity index is 2.14. The molecule has 1 aliphatic carbocycles. The number of rotatable bonds is 6. The van der Waals surface area contributed by atoms with Gasteiger partial charge in [-0.1, -0.05) is 0 Å². The van der Waals surface area contributed by atoms with Crippen molar-refractivity contribution in [3.05, 3.63) is 23.4 Å². The number of ether oxygens (including phenoxy) is 3. The minimum absolute atomic E-state index is 0.185. The molecule has 0 radical (unpaired) electrons. The van der Waals surface area contributed by atoms with Gasteiger partial charge in [-0.3, -0.25) is 0 Å². The first-order valence-electron chi connectivity index (χ1n) is 8.37. The Morgan fingerprint density at radius 2 is 2.04 bits per heavy atom. The van der Waals surface area contributed by atoms with Gasteiger partial charge in [0.1, 0.15) is 17.7 Å². The first kappa shape index (κ1) is 19.0. The van der Waals surface area contributed by atoms with Gasteiger partial charge in [0.15, 0.2) is 0 Å². The molecule has 1 heterocycles. The molecule has 1 aliphatic rings. The highest BCUT2D eigenvalue weighted by Gasteiger charge is 2.29. The van der Waals surface area contributed by atoms with Crippen molar-refractivity contribution in [2.24, 2.45) is 0 Å². The molecule has 7 nitrogen and oxygen atoms in total. The van der Waals surface area contributed by atoms with Crippen LogP contribution in [0.3, 0.4) is 0 Å². The molecular formula is C18H26N2O5. The minimum Gasteiger partial charge on any atom is -0.474 e. The van der Waals surface area contributed by atoms with Gasteiger partial charge in [0.2, 0.25) is 5.88 Å². The molecule has 1 fully saturated rings. The lowest BCUT2D eigenvalue weighted by molar-refractivity contribution is -0.143. The SMILES string of the molecule is COC(=O)[C@@H](Cc1cc(C)cnc1OC1CC1)NC(=O)OC(C)(C)C. The topological polar surface area (TPSA) is 86.8 Å². The van der Waals surface area contributed by atoms with Gasteiger partial charge in [0.05, 0.1) is 7.11 Å². The van der Waals surface area contributed by atoms with Crippen LogP contribution in [0.4, 0.5) is 4.79 Å². The Bertz CT molecular complexity index is 635. The second-order valence-corrected chi connectivity index (χ2v) is 7.22. The zero-order chi connectivity index (χ0) is 18.6. The predicted octanol–water partition coefficient (Wildman–Crippen LogP) is 2.54. The van der Waals surface area contributed by atoms with Crippen LogP contribution in [0.1, 0.15) is 44.7 Å². The van der Waals surface area contributed by atoms with Crippen molar-refractivity contribution < 1.29 is 23.8 Å². The van der Waals surface area contributed by atoms with Gasteiger partial charge in [0.25, 0.3) is 0 Å². The fourth-order valence-corrected chi connectivity index (χ4v) is 2.22. The third kappa shape index (κ3) is 6.25. The van der Waals surface area contributed by atoms with E-state index >= 15 is 0 Å². The van der Waals surface area contributed by atoms with Crippen molar-refractivity contribution in [2.45, 2.75) is 64.7 Å². The highest BCUT2D eigenvalue weighted by Crippen LogP contribution is 2.28. The van der Waals surface area contributed by atoms with E-state index in [9.17, 15) is 9.59 Å². The van der Waals surface area contributed by atoms with Gasteiger partial charge >= 0.3 is 12.1 Å². The fraction of sp³-hybridized carbons (Fsp3) is 0.611. The van der Waals surface area contributed by atoms with Gasteiger partial charge in [0, 0.05) is 18.2 Å². The molecule has 0 spiro atoms. The molecule has 7 heteroatoms. The maximum atomic E-state index is 12.1. The van der Waals surface area contributed by atoms with E-state index in [0.717, 1.165) is 24.0 Å². The Labute approximate surface area is 148 Å². The molecule has 138 valence electrons. The van der Waals surface area contributed by atoms with Crippen molar-refractivity contribution in [3.63, 3.8) is 0 Å². The number of methoxy groups -OCH3 is 1. The lowest BCUT2D eigenvalue weighted by Crippen LogP contribution is -2.45. The smallest absolute Gasteiger partial charge is 0.408 e. The van der Waals surface area contributed by atoms with Crippen LogP contribution < -0.4 is 10.1 Å². The number of carbonyl (C=O) groups excluding carboxylic acids is 2. The van der Waals surface area contributed by atoms with Crippen LogP contribution in [0.15, 0.2) is 12.3 Å². The number of amides is 1. The number of aryl methyl sites for hydroxylation is 1. The standard InChI is InChI=1S/C18H26N2O5/c1-11-8-12(15(19-10-11)24-13-6-7-13)9-14(16(21)23-5)20-17(22)25-18(2,3)4/h8,10,13-14H,6-7,9H2,1-5H3,(H,20,22)/t14-/m1/s1. The van der Waals surface area contributed by atoms with E-state index in [1.807, 2.05) is 13.0 Å². The number of esters is 1.